The van der Waals surface area contributed by atoms with Crippen LogP contribution in [0.4, 0.5) is 0 Å². The van der Waals surface area contributed by atoms with Crippen molar-refractivity contribution in [3.8, 4) is 16.9 Å². The molecule has 1 N–H and O–H groups in total. The van der Waals surface area contributed by atoms with Gasteiger partial charge >= 0.3 is 0 Å². The van der Waals surface area contributed by atoms with Crippen molar-refractivity contribution in [2.24, 2.45) is 0 Å². The Labute approximate surface area is 157 Å². The lowest BCUT2D eigenvalue weighted by molar-refractivity contribution is 0.303. The van der Waals surface area contributed by atoms with E-state index < -0.39 is 0 Å². The minimum Gasteiger partial charge on any atom is -0.505 e. The third-order valence-corrected chi connectivity index (χ3v) is 4.56. The third-order valence-electron chi connectivity index (χ3n) is 3.96. The molecule has 0 unspecified atom stereocenters. The molecule has 128 valence electrons. The Morgan fingerprint density at radius 1 is 1.12 bits per heavy atom. The van der Waals surface area contributed by atoms with E-state index in [1.54, 1.807) is 0 Å². The first kappa shape index (κ1) is 17.6. The van der Waals surface area contributed by atoms with E-state index in [0.29, 0.717) is 22.5 Å². The number of hydrogen-bond acceptors (Lipinski definition) is 4. The number of rotatable bonds is 5. The molecule has 3 rings (SSSR count). The smallest absolute Gasteiger partial charge is 0.214 e. The average molecular weight is 372 g/mol. The SMILES string of the molecule is CCCCOC(=S)c1nc(Cl)c2cc(-c3ccccc3)ccc2c1O. The van der Waals surface area contributed by atoms with Crippen LogP contribution in [0, 0.1) is 0 Å². The van der Waals surface area contributed by atoms with Gasteiger partial charge in [0.25, 0.3) is 0 Å². The summed E-state index contributed by atoms with van der Waals surface area (Å²) in [6, 6.07) is 15.7. The Kier molecular flexibility index (Phi) is 5.51. The highest BCUT2D eigenvalue weighted by Crippen LogP contribution is 2.35. The number of unbranched alkanes of at least 4 members (excludes halogenated alkanes) is 1. The van der Waals surface area contributed by atoms with Crippen LogP contribution in [0.1, 0.15) is 25.5 Å². The van der Waals surface area contributed by atoms with Crippen LogP contribution in [0.25, 0.3) is 21.9 Å². The number of thiocarbonyl (C=S) groups is 1. The van der Waals surface area contributed by atoms with Gasteiger partial charge in [0, 0.05) is 10.8 Å². The molecule has 0 radical (unpaired) electrons. The van der Waals surface area contributed by atoms with Gasteiger partial charge in [0.05, 0.1) is 6.61 Å². The van der Waals surface area contributed by atoms with Crippen molar-refractivity contribution in [1.29, 1.82) is 0 Å². The van der Waals surface area contributed by atoms with E-state index in [4.69, 9.17) is 28.6 Å². The molecule has 0 atom stereocenters. The van der Waals surface area contributed by atoms with Crippen molar-refractivity contribution >= 4 is 39.6 Å². The molecule has 0 aliphatic rings. The lowest BCUT2D eigenvalue weighted by Gasteiger charge is -2.12. The number of fused-ring (bicyclic) bond motifs is 1. The lowest BCUT2D eigenvalue weighted by atomic mass is 10.0. The van der Waals surface area contributed by atoms with Gasteiger partial charge in [-0.1, -0.05) is 61.3 Å². The van der Waals surface area contributed by atoms with Crippen LogP contribution >= 0.6 is 23.8 Å². The molecule has 0 amide bonds. The summed E-state index contributed by atoms with van der Waals surface area (Å²) in [5, 5.41) is 12.3. The van der Waals surface area contributed by atoms with Gasteiger partial charge in [-0.25, -0.2) is 4.98 Å². The second-order valence-electron chi connectivity index (χ2n) is 5.72. The number of nitrogens with zero attached hydrogens (tertiary/aromatic N) is 1. The van der Waals surface area contributed by atoms with Gasteiger partial charge < -0.3 is 9.84 Å². The molecular weight excluding hydrogens is 354 g/mol. The summed E-state index contributed by atoms with van der Waals surface area (Å²) < 4.78 is 5.50. The number of ether oxygens (including phenoxy) is 1. The van der Waals surface area contributed by atoms with E-state index in [1.165, 1.54) is 0 Å². The van der Waals surface area contributed by atoms with E-state index in [9.17, 15) is 5.11 Å². The van der Waals surface area contributed by atoms with Gasteiger partial charge in [-0.2, -0.15) is 0 Å². The van der Waals surface area contributed by atoms with Gasteiger partial charge in [-0.05, 0) is 41.9 Å². The number of benzene rings is 2. The van der Waals surface area contributed by atoms with Crippen LogP contribution in [-0.2, 0) is 4.74 Å². The standard InChI is InChI=1S/C20H18ClNO2S/c1-2-3-11-24-20(25)17-18(23)15-10-9-14(12-16(15)19(21)22-17)13-7-5-4-6-8-13/h4-10,12,23H,2-3,11H2,1H3. The summed E-state index contributed by atoms with van der Waals surface area (Å²) in [5.74, 6) is 0.000472. The normalized spacial score (nSPS) is 10.8. The maximum Gasteiger partial charge on any atom is 0.214 e. The molecule has 1 aromatic heterocycles. The van der Waals surface area contributed by atoms with E-state index in [1.807, 2.05) is 48.5 Å². The molecule has 3 nitrogen and oxygen atoms in total. The van der Waals surface area contributed by atoms with Crippen molar-refractivity contribution in [2.75, 3.05) is 6.61 Å². The summed E-state index contributed by atoms with van der Waals surface area (Å²) in [7, 11) is 0. The zero-order valence-electron chi connectivity index (χ0n) is 13.8. The van der Waals surface area contributed by atoms with Gasteiger partial charge in [-0.15, -0.1) is 0 Å². The molecule has 1 heterocycles. The minimum absolute atomic E-state index is 0.000472. The van der Waals surface area contributed by atoms with E-state index in [0.717, 1.165) is 24.0 Å². The highest BCUT2D eigenvalue weighted by Gasteiger charge is 2.17. The molecule has 0 spiro atoms. The fourth-order valence-electron chi connectivity index (χ4n) is 2.59. The minimum atomic E-state index is 0.000472. The number of pyridine rings is 1. The molecule has 0 fully saturated rings. The number of hydrogen-bond donors (Lipinski definition) is 1. The van der Waals surface area contributed by atoms with Crippen LogP contribution in [0.3, 0.4) is 0 Å². The van der Waals surface area contributed by atoms with Crippen molar-refractivity contribution < 1.29 is 9.84 Å². The fourth-order valence-corrected chi connectivity index (χ4v) is 3.06. The van der Waals surface area contributed by atoms with Crippen LogP contribution in [0.5, 0.6) is 5.75 Å². The maximum atomic E-state index is 10.6. The largest absolute Gasteiger partial charge is 0.505 e. The van der Waals surface area contributed by atoms with Crippen LogP contribution in [0.15, 0.2) is 48.5 Å². The molecule has 25 heavy (non-hydrogen) atoms. The topological polar surface area (TPSA) is 42.4 Å². The molecule has 5 heteroatoms. The summed E-state index contributed by atoms with van der Waals surface area (Å²) in [6.45, 7) is 2.57. The Balaban J connectivity index is 2.02. The Morgan fingerprint density at radius 2 is 1.88 bits per heavy atom. The average Bonchev–Trinajstić information content (AvgIpc) is 2.65. The number of aromatic nitrogens is 1. The second-order valence-corrected chi connectivity index (χ2v) is 6.44. The van der Waals surface area contributed by atoms with Crippen LogP contribution in [0.2, 0.25) is 5.15 Å². The summed E-state index contributed by atoms with van der Waals surface area (Å²) in [6.07, 6.45) is 1.89. The maximum absolute atomic E-state index is 10.6. The number of halogens is 1. The molecule has 2 aromatic carbocycles. The monoisotopic (exact) mass is 371 g/mol. The molecule has 0 saturated carbocycles. The zero-order chi connectivity index (χ0) is 17.8. The first-order valence-electron chi connectivity index (χ1n) is 8.16. The van der Waals surface area contributed by atoms with Crippen molar-refractivity contribution in [3.63, 3.8) is 0 Å². The number of aromatic hydroxyl groups is 1. The summed E-state index contributed by atoms with van der Waals surface area (Å²) >= 11 is 11.6. The van der Waals surface area contributed by atoms with E-state index >= 15 is 0 Å². The van der Waals surface area contributed by atoms with Gasteiger partial charge in [-0.3, -0.25) is 0 Å². The third kappa shape index (κ3) is 3.75. The van der Waals surface area contributed by atoms with Gasteiger partial charge in [0.2, 0.25) is 5.05 Å². The van der Waals surface area contributed by atoms with Gasteiger partial charge in [0.15, 0.2) is 11.4 Å². The second kappa shape index (κ2) is 7.81. The first-order valence-corrected chi connectivity index (χ1v) is 8.95. The predicted octanol–water partition coefficient (Wildman–Crippen LogP) is 5.75. The van der Waals surface area contributed by atoms with Crippen molar-refractivity contribution in [1.82, 2.24) is 4.98 Å². The molecule has 0 aliphatic carbocycles. The fraction of sp³-hybridized carbons (Fsp3) is 0.200. The lowest BCUT2D eigenvalue weighted by Crippen LogP contribution is -2.08. The van der Waals surface area contributed by atoms with E-state index in [-0.39, 0.29) is 16.5 Å². The highest BCUT2D eigenvalue weighted by molar-refractivity contribution is 7.80. The Bertz CT molecular complexity index is 912. The Hall–Kier alpha value is -2.17. The Morgan fingerprint density at radius 3 is 2.60 bits per heavy atom. The first-order chi connectivity index (χ1) is 12.1. The highest BCUT2D eigenvalue weighted by atomic mass is 35.5. The molecule has 0 saturated heterocycles. The van der Waals surface area contributed by atoms with Gasteiger partial charge in [0.1, 0.15) is 5.15 Å². The quantitative estimate of drug-likeness (QED) is 0.352. The van der Waals surface area contributed by atoms with Crippen molar-refractivity contribution in [3.05, 3.63) is 59.4 Å². The van der Waals surface area contributed by atoms with Crippen molar-refractivity contribution in [2.45, 2.75) is 19.8 Å². The summed E-state index contributed by atoms with van der Waals surface area (Å²) in [4.78, 5) is 4.26. The molecule has 0 aliphatic heterocycles. The zero-order valence-corrected chi connectivity index (χ0v) is 15.4. The molecule has 3 aromatic rings. The summed E-state index contributed by atoms with van der Waals surface area (Å²) in [5.41, 5.74) is 2.30. The van der Waals surface area contributed by atoms with Crippen LogP contribution < -0.4 is 0 Å². The predicted molar refractivity (Wildman–Crippen MR) is 106 cm³/mol. The van der Waals surface area contributed by atoms with Crippen LogP contribution in [-0.4, -0.2) is 21.7 Å². The molecule has 0 bridgehead atoms. The van der Waals surface area contributed by atoms with E-state index in [2.05, 4.69) is 11.9 Å². The molecular formula is C20H18ClNO2S.